The van der Waals surface area contributed by atoms with E-state index in [1.807, 2.05) is 17.9 Å². The lowest BCUT2D eigenvalue weighted by atomic mass is 10.3. The van der Waals surface area contributed by atoms with E-state index in [1.165, 1.54) is 12.8 Å². The van der Waals surface area contributed by atoms with Gasteiger partial charge in [-0.3, -0.25) is 9.88 Å². The SMILES string of the molecule is Cn1c(C2CC2)nn(CN2CCN(c3cnccn3)CC2)c1=S. The van der Waals surface area contributed by atoms with Gasteiger partial charge in [-0.25, -0.2) is 9.67 Å². The molecule has 0 atom stereocenters. The Morgan fingerprint density at radius 2 is 1.96 bits per heavy atom. The van der Waals surface area contributed by atoms with Crippen molar-refractivity contribution < 1.29 is 0 Å². The number of aromatic nitrogens is 5. The first kappa shape index (κ1) is 14.8. The minimum Gasteiger partial charge on any atom is -0.353 e. The maximum absolute atomic E-state index is 5.54. The van der Waals surface area contributed by atoms with Gasteiger partial charge in [-0.15, -0.1) is 0 Å². The van der Waals surface area contributed by atoms with E-state index in [0.29, 0.717) is 5.92 Å². The molecule has 2 aromatic rings. The summed E-state index contributed by atoms with van der Waals surface area (Å²) in [5.41, 5.74) is 0. The van der Waals surface area contributed by atoms with Gasteiger partial charge < -0.3 is 9.47 Å². The third-order valence-electron chi connectivity index (χ3n) is 4.60. The van der Waals surface area contributed by atoms with Gasteiger partial charge in [0.05, 0.1) is 12.9 Å². The van der Waals surface area contributed by atoms with Crippen LogP contribution in [0.5, 0.6) is 0 Å². The van der Waals surface area contributed by atoms with Crippen LogP contribution in [-0.4, -0.2) is 55.4 Å². The van der Waals surface area contributed by atoms with Gasteiger partial charge >= 0.3 is 0 Å². The fourth-order valence-corrected chi connectivity index (χ4v) is 3.25. The van der Waals surface area contributed by atoms with Crippen LogP contribution in [0.2, 0.25) is 0 Å². The highest BCUT2D eigenvalue weighted by atomic mass is 32.1. The summed E-state index contributed by atoms with van der Waals surface area (Å²) >= 11 is 5.54. The predicted molar refractivity (Wildman–Crippen MR) is 89.8 cm³/mol. The van der Waals surface area contributed by atoms with Gasteiger partial charge in [0, 0.05) is 51.5 Å². The van der Waals surface area contributed by atoms with Crippen LogP contribution in [0.1, 0.15) is 24.6 Å². The van der Waals surface area contributed by atoms with Crippen molar-refractivity contribution >= 4 is 18.0 Å². The number of hydrogen-bond donors (Lipinski definition) is 0. The Labute approximate surface area is 140 Å². The number of nitrogens with zero attached hydrogens (tertiary/aromatic N) is 7. The monoisotopic (exact) mass is 331 g/mol. The molecule has 2 fully saturated rings. The quantitative estimate of drug-likeness (QED) is 0.790. The smallest absolute Gasteiger partial charge is 0.198 e. The van der Waals surface area contributed by atoms with Gasteiger partial charge in [0.2, 0.25) is 0 Å². The molecule has 0 unspecified atom stereocenters. The third-order valence-corrected chi connectivity index (χ3v) is 5.08. The lowest BCUT2D eigenvalue weighted by Gasteiger charge is -2.34. The minimum absolute atomic E-state index is 0.622. The second kappa shape index (κ2) is 6.01. The highest BCUT2D eigenvalue weighted by Gasteiger charge is 2.29. The topological polar surface area (TPSA) is 55.0 Å². The molecular formula is C15H21N7S. The van der Waals surface area contributed by atoms with Gasteiger partial charge in [0.15, 0.2) is 4.77 Å². The van der Waals surface area contributed by atoms with Crippen molar-refractivity contribution in [1.82, 2.24) is 29.2 Å². The fourth-order valence-electron chi connectivity index (χ4n) is 3.06. The standard InChI is InChI=1S/C15H21N7S/c1-19-14(12-2-3-12)18-22(15(19)23)11-20-6-8-21(9-7-20)13-10-16-4-5-17-13/h4-5,10,12H,2-3,6-9,11H2,1H3. The number of rotatable bonds is 4. The van der Waals surface area contributed by atoms with E-state index in [9.17, 15) is 0 Å². The molecule has 1 saturated carbocycles. The molecule has 3 heterocycles. The lowest BCUT2D eigenvalue weighted by Crippen LogP contribution is -2.47. The van der Waals surface area contributed by atoms with Crippen LogP contribution in [0.25, 0.3) is 0 Å². The van der Waals surface area contributed by atoms with E-state index >= 15 is 0 Å². The molecule has 2 aromatic heterocycles. The Morgan fingerprint density at radius 1 is 1.17 bits per heavy atom. The second-order valence-corrected chi connectivity index (χ2v) is 6.65. The number of piperazine rings is 1. The minimum atomic E-state index is 0.622. The van der Waals surface area contributed by atoms with E-state index in [-0.39, 0.29) is 0 Å². The Bertz CT molecular complexity index is 726. The zero-order valence-corrected chi connectivity index (χ0v) is 14.1. The summed E-state index contributed by atoms with van der Waals surface area (Å²) in [6.45, 7) is 4.64. The Morgan fingerprint density at radius 3 is 2.61 bits per heavy atom. The molecule has 0 amide bonds. The summed E-state index contributed by atoms with van der Waals surface area (Å²) in [5.74, 6) is 2.72. The number of hydrogen-bond acceptors (Lipinski definition) is 6. The summed E-state index contributed by atoms with van der Waals surface area (Å²) in [6, 6.07) is 0. The zero-order chi connectivity index (χ0) is 15.8. The van der Waals surface area contributed by atoms with Gasteiger partial charge in [-0.2, -0.15) is 5.10 Å². The summed E-state index contributed by atoms with van der Waals surface area (Å²) in [7, 11) is 2.03. The van der Waals surface area contributed by atoms with Crippen molar-refractivity contribution in [2.75, 3.05) is 31.1 Å². The highest BCUT2D eigenvalue weighted by molar-refractivity contribution is 7.71. The molecule has 23 heavy (non-hydrogen) atoms. The average molecular weight is 331 g/mol. The molecule has 1 aliphatic carbocycles. The molecule has 0 spiro atoms. The Hall–Kier alpha value is -1.80. The summed E-state index contributed by atoms with van der Waals surface area (Å²) in [4.78, 5) is 13.2. The van der Waals surface area contributed by atoms with Gasteiger partial charge in [-0.05, 0) is 25.1 Å². The molecule has 0 bridgehead atoms. The van der Waals surface area contributed by atoms with Crippen molar-refractivity contribution in [3.05, 3.63) is 29.2 Å². The summed E-state index contributed by atoms with van der Waals surface area (Å²) in [6.07, 6.45) is 7.77. The number of anilines is 1. The lowest BCUT2D eigenvalue weighted by molar-refractivity contribution is 0.193. The van der Waals surface area contributed by atoms with Crippen LogP contribution in [0, 0.1) is 4.77 Å². The van der Waals surface area contributed by atoms with E-state index in [1.54, 1.807) is 12.4 Å². The van der Waals surface area contributed by atoms with Crippen molar-refractivity contribution in [3.8, 4) is 0 Å². The molecule has 0 aromatic carbocycles. The highest BCUT2D eigenvalue weighted by Crippen LogP contribution is 2.38. The molecule has 7 nitrogen and oxygen atoms in total. The molecule has 0 radical (unpaired) electrons. The van der Waals surface area contributed by atoms with Crippen molar-refractivity contribution in [2.45, 2.75) is 25.4 Å². The molecular weight excluding hydrogens is 310 g/mol. The van der Waals surface area contributed by atoms with Crippen molar-refractivity contribution in [2.24, 2.45) is 7.05 Å². The normalized spacial score (nSPS) is 19.3. The van der Waals surface area contributed by atoms with Gasteiger partial charge in [0.25, 0.3) is 0 Å². The zero-order valence-electron chi connectivity index (χ0n) is 13.3. The van der Waals surface area contributed by atoms with Crippen LogP contribution in [0.15, 0.2) is 18.6 Å². The van der Waals surface area contributed by atoms with E-state index in [0.717, 1.165) is 49.3 Å². The van der Waals surface area contributed by atoms with Crippen molar-refractivity contribution in [1.29, 1.82) is 0 Å². The first-order valence-corrected chi connectivity index (χ1v) is 8.50. The van der Waals surface area contributed by atoms with Gasteiger partial charge in [-0.1, -0.05) is 0 Å². The third kappa shape index (κ3) is 3.00. The first-order chi connectivity index (χ1) is 11.2. The van der Waals surface area contributed by atoms with E-state index in [2.05, 4.69) is 24.3 Å². The maximum Gasteiger partial charge on any atom is 0.198 e. The van der Waals surface area contributed by atoms with Crippen LogP contribution in [0.4, 0.5) is 5.82 Å². The van der Waals surface area contributed by atoms with Crippen LogP contribution in [0.3, 0.4) is 0 Å². The van der Waals surface area contributed by atoms with Crippen LogP contribution >= 0.6 is 12.2 Å². The molecule has 4 rings (SSSR count). The molecule has 2 aliphatic rings. The van der Waals surface area contributed by atoms with Crippen molar-refractivity contribution in [3.63, 3.8) is 0 Å². The first-order valence-electron chi connectivity index (χ1n) is 8.09. The maximum atomic E-state index is 5.54. The molecule has 8 heteroatoms. The molecule has 0 N–H and O–H groups in total. The predicted octanol–water partition coefficient (Wildman–Crippen LogP) is 1.40. The largest absolute Gasteiger partial charge is 0.353 e. The summed E-state index contributed by atoms with van der Waals surface area (Å²) < 4.78 is 4.87. The second-order valence-electron chi connectivity index (χ2n) is 6.28. The van der Waals surface area contributed by atoms with E-state index < -0.39 is 0 Å². The van der Waals surface area contributed by atoms with Crippen LogP contribution < -0.4 is 4.90 Å². The Balaban J connectivity index is 1.40. The Kier molecular flexibility index (Phi) is 3.86. The van der Waals surface area contributed by atoms with Gasteiger partial charge in [0.1, 0.15) is 11.6 Å². The fraction of sp³-hybridized carbons (Fsp3) is 0.600. The average Bonchev–Trinajstić information content (AvgIpc) is 3.39. The van der Waals surface area contributed by atoms with Crippen LogP contribution in [-0.2, 0) is 13.7 Å². The van der Waals surface area contributed by atoms with E-state index in [4.69, 9.17) is 17.3 Å². The molecule has 1 saturated heterocycles. The summed E-state index contributed by atoms with van der Waals surface area (Å²) in [5, 5.41) is 4.74. The molecule has 1 aliphatic heterocycles. The molecule has 122 valence electrons.